The summed E-state index contributed by atoms with van der Waals surface area (Å²) < 4.78 is 1.84. The molecule has 7 heteroatoms. The fourth-order valence-electron chi connectivity index (χ4n) is 3.15. The van der Waals surface area contributed by atoms with Gasteiger partial charge in [0.1, 0.15) is 5.52 Å². The molecule has 27 heavy (non-hydrogen) atoms. The van der Waals surface area contributed by atoms with Gasteiger partial charge in [-0.15, -0.1) is 0 Å². The summed E-state index contributed by atoms with van der Waals surface area (Å²) in [6, 6.07) is 12.0. The lowest BCUT2D eigenvalue weighted by Gasteiger charge is -2.08. The number of hydrogen-bond donors (Lipinski definition) is 2. The third-order valence-electron chi connectivity index (χ3n) is 4.69. The fourth-order valence-corrected chi connectivity index (χ4v) is 3.15. The van der Waals surface area contributed by atoms with Crippen molar-refractivity contribution >= 4 is 33.3 Å². The van der Waals surface area contributed by atoms with E-state index in [2.05, 4.69) is 42.7 Å². The largest absolute Gasteiger partial charge is 0.337 e. The fraction of sp³-hybridized carbons (Fsp3) is 0.100. The molecule has 0 aliphatic rings. The predicted molar refractivity (Wildman–Crippen MR) is 106 cm³/mol. The van der Waals surface area contributed by atoms with Crippen LogP contribution in [0.15, 0.2) is 55.0 Å². The van der Waals surface area contributed by atoms with Crippen LogP contribution < -0.4 is 5.32 Å². The summed E-state index contributed by atoms with van der Waals surface area (Å²) in [5.41, 5.74) is 4.80. The zero-order chi connectivity index (χ0) is 18.4. The molecule has 0 bridgehead atoms. The van der Waals surface area contributed by atoms with Crippen LogP contribution in [0, 0.1) is 13.8 Å². The average molecular weight is 355 g/mol. The van der Waals surface area contributed by atoms with Crippen molar-refractivity contribution in [1.82, 2.24) is 29.9 Å². The normalized spacial score (nSPS) is 11.3. The number of nitrogens with one attached hydrogen (secondary N) is 2. The van der Waals surface area contributed by atoms with Crippen molar-refractivity contribution in [3.8, 4) is 5.82 Å². The van der Waals surface area contributed by atoms with Crippen molar-refractivity contribution < 1.29 is 0 Å². The number of rotatable bonds is 3. The number of aryl methyl sites for hydroxylation is 2. The molecule has 0 saturated heterocycles. The second kappa shape index (κ2) is 5.91. The van der Waals surface area contributed by atoms with Crippen LogP contribution in [-0.4, -0.2) is 29.9 Å². The highest BCUT2D eigenvalue weighted by molar-refractivity contribution is 5.93. The lowest BCUT2D eigenvalue weighted by molar-refractivity contribution is 0.841. The molecule has 5 aromatic rings. The van der Waals surface area contributed by atoms with Crippen LogP contribution in [-0.2, 0) is 0 Å². The van der Waals surface area contributed by atoms with Crippen molar-refractivity contribution in [2.45, 2.75) is 13.8 Å². The van der Waals surface area contributed by atoms with Crippen molar-refractivity contribution in [3.05, 3.63) is 66.2 Å². The first-order chi connectivity index (χ1) is 13.2. The molecule has 0 saturated carbocycles. The molecule has 4 aromatic heterocycles. The number of hydrogen-bond acceptors (Lipinski definition) is 5. The average Bonchev–Trinajstić information content (AvgIpc) is 3.24. The molecule has 132 valence electrons. The molecule has 1 aromatic carbocycles. The highest BCUT2D eigenvalue weighted by Crippen LogP contribution is 2.27. The number of H-pyrrole nitrogens is 1. The summed E-state index contributed by atoms with van der Waals surface area (Å²) in [5.74, 6) is 1.53. The molecule has 0 unspecified atom stereocenters. The van der Waals surface area contributed by atoms with Gasteiger partial charge in [-0.2, -0.15) is 10.2 Å². The van der Waals surface area contributed by atoms with E-state index in [4.69, 9.17) is 0 Å². The van der Waals surface area contributed by atoms with Crippen LogP contribution in [0.25, 0.3) is 27.6 Å². The molecule has 2 N–H and O–H groups in total. The van der Waals surface area contributed by atoms with E-state index in [1.54, 1.807) is 12.4 Å². The minimum absolute atomic E-state index is 0.706. The number of pyridine rings is 2. The third-order valence-corrected chi connectivity index (χ3v) is 4.69. The Kier molecular flexibility index (Phi) is 3.39. The van der Waals surface area contributed by atoms with Crippen LogP contribution in [0.4, 0.5) is 11.5 Å². The SMILES string of the molecule is Cc1cn(-c2nccc3cc(Nc4n[nH]c5cccnc45)ccc23)nc1C. The lowest BCUT2D eigenvalue weighted by Crippen LogP contribution is -2.00. The Morgan fingerprint density at radius 3 is 2.81 bits per heavy atom. The maximum atomic E-state index is 4.56. The van der Waals surface area contributed by atoms with E-state index in [1.165, 1.54) is 0 Å². The Hall–Kier alpha value is -3.74. The summed E-state index contributed by atoms with van der Waals surface area (Å²) in [5, 5.41) is 17.3. The van der Waals surface area contributed by atoms with Crippen LogP contribution in [0.1, 0.15) is 11.3 Å². The van der Waals surface area contributed by atoms with Gasteiger partial charge < -0.3 is 5.32 Å². The van der Waals surface area contributed by atoms with Crippen LogP contribution in [0.2, 0.25) is 0 Å². The number of benzene rings is 1. The zero-order valence-corrected chi connectivity index (χ0v) is 14.9. The van der Waals surface area contributed by atoms with Gasteiger partial charge in [-0.25, -0.2) is 9.67 Å². The van der Waals surface area contributed by atoms with Crippen LogP contribution >= 0.6 is 0 Å². The molecule has 0 spiro atoms. The number of nitrogens with zero attached hydrogens (tertiary/aromatic N) is 5. The number of anilines is 2. The first kappa shape index (κ1) is 15.5. The van der Waals surface area contributed by atoms with E-state index in [0.717, 1.165) is 44.6 Å². The maximum Gasteiger partial charge on any atom is 0.178 e. The molecule has 0 fully saturated rings. The quantitative estimate of drug-likeness (QED) is 0.510. The van der Waals surface area contributed by atoms with Gasteiger partial charge in [0.25, 0.3) is 0 Å². The Bertz CT molecular complexity index is 1260. The van der Waals surface area contributed by atoms with Crippen LogP contribution in [0.3, 0.4) is 0 Å². The van der Waals surface area contributed by atoms with Crippen molar-refractivity contribution in [2.75, 3.05) is 5.32 Å². The molecule has 7 nitrogen and oxygen atoms in total. The Balaban J connectivity index is 1.56. The Morgan fingerprint density at radius 2 is 1.96 bits per heavy atom. The van der Waals surface area contributed by atoms with Gasteiger partial charge in [0.05, 0.1) is 11.2 Å². The van der Waals surface area contributed by atoms with E-state index in [-0.39, 0.29) is 0 Å². The molecule has 0 aliphatic heterocycles. The molecule has 0 amide bonds. The summed E-state index contributed by atoms with van der Waals surface area (Å²) >= 11 is 0. The second-order valence-corrected chi connectivity index (χ2v) is 6.51. The number of aromatic amines is 1. The van der Waals surface area contributed by atoms with Crippen LogP contribution in [0.5, 0.6) is 0 Å². The topological polar surface area (TPSA) is 84.3 Å². The third kappa shape index (κ3) is 2.60. The van der Waals surface area contributed by atoms with Gasteiger partial charge in [0, 0.05) is 29.7 Å². The monoisotopic (exact) mass is 355 g/mol. The van der Waals surface area contributed by atoms with E-state index in [9.17, 15) is 0 Å². The Morgan fingerprint density at radius 1 is 1.04 bits per heavy atom. The molecular weight excluding hydrogens is 338 g/mol. The van der Waals surface area contributed by atoms with E-state index < -0.39 is 0 Å². The molecule has 5 rings (SSSR count). The molecule has 0 radical (unpaired) electrons. The van der Waals surface area contributed by atoms with E-state index in [1.807, 2.05) is 49.0 Å². The minimum atomic E-state index is 0.706. The molecular formula is C20H17N7. The summed E-state index contributed by atoms with van der Waals surface area (Å²) in [7, 11) is 0. The predicted octanol–water partition coefficient (Wildman–Crippen LogP) is 4.05. The van der Waals surface area contributed by atoms with Crippen molar-refractivity contribution in [1.29, 1.82) is 0 Å². The summed E-state index contributed by atoms with van der Waals surface area (Å²) in [4.78, 5) is 8.92. The first-order valence-electron chi connectivity index (χ1n) is 8.67. The van der Waals surface area contributed by atoms with Gasteiger partial charge in [-0.1, -0.05) is 0 Å². The molecule has 0 aliphatic carbocycles. The van der Waals surface area contributed by atoms with Crippen molar-refractivity contribution in [2.24, 2.45) is 0 Å². The Labute approximate surface area is 155 Å². The minimum Gasteiger partial charge on any atom is -0.337 e. The first-order valence-corrected chi connectivity index (χ1v) is 8.67. The van der Waals surface area contributed by atoms with Gasteiger partial charge in [0.2, 0.25) is 0 Å². The van der Waals surface area contributed by atoms with E-state index >= 15 is 0 Å². The molecule has 4 heterocycles. The van der Waals surface area contributed by atoms with Gasteiger partial charge in [-0.05, 0) is 61.2 Å². The summed E-state index contributed by atoms with van der Waals surface area (Å²) in [6.07, 6.45) is 5.57. The van der Waals surface area contributed by atoms with Gasteiger partial charge in [0.15, 0.2) is 11.6 Å². The number of aromatic nitrogens is 6. The second-order valence-electron chi connectivity index (χ2n) is 6.51. The lowest BCUT2D eigenvalue weighted by atomic mass is 10.1. The van der Waals surface area contributed by atoms with E-state index in [0.29, 0.717) is 5.82 Å². The van der Waals surface area contributed by atoms with Gasteiger partial charge >= 0.3 is 0 Å². The highest BCUT2D eigenvalue weighted by Gasteiger charge is 2.10. The highest BCUT2D eigenvalue weighted by atomic mass is 15.3. The smallest absolute Gasteiger partial charge is 0.178 e. The standard InChI is InChI=1S/C20H17N7/c1-12-11-27(26-13(12)2)20-16-6-5-15(10-14(16)7-9-22-20)23-19-18-17(24-25-19)4-3-8-21-18/h3-11H,1-2H3,(H2,23,24,25). The molecule has 0 atom stereocenters. The zero-order valence-electron chi connectivity index (χ0n) is 14.9. The summed E-state index contributed by atoms with van der Waals surface area (Å²) in [6.45, 7) is 4.05. The van der Waals surface area contributed by atoms with Crippen molar-refractivity contribution in [3.63, 3.8) is 0 Å². The number of fused-ring (bicyclic) bond motifs is 2. The van der Waals surface area contributed by atoms with Gasteiger partial charge in [-0.3, -0.25) is 10.1 Å². The maximum absolute atomic E-state index is 4.56.